The zero-order chi connectivity index (χ0) is 19.6. The first-order chi connectivity index (χ1) is 12.1. The summed E-state index contributed by atoms with van der Waals surface area (Å²) in [5.41, 5.74) is 1.36. The molecule has 3 N–H and O–H groups in total. The van der Waals surface area contributed by atoms with Crippen LogP contribution in [0.25, 0.3) is 0 Å². The smallest absolute Gasteiger partial charge is 0.338 e. The van der Waals surface area contributed by atoms with Gasteiger partial charge in [-0.25, -0.2) is 9.59 Å². The predicted molar refractivity (Wildman–Crippen MR) is 95.9 cm³/mol. The van der Waals surface area contributed by atoms with Crippen molar-refractivity contribution in [1.29, 1.82) is 0 Å². The molecule has 0 saturated heterocycles. The Balaban J connectivity index is 2.67. The Hall–Kier alpha value is -2.83. The van der Waals surface area contributed by atoms with Gasteiger partial charge in [-0.1, -0.05) is 20.8 Å². The molecule has 1 unspecified atom stereocenters. The molecule has 0 bridgehead atoms. The molecule has 7 heteroatoms. The minimum absolute atomic E-state index is 0.0982. The van der Waals surface area contributed by atoms with E-state index in [2.05, 4.69) is 10.6 Å². The quantitative estimate of drug-likeness (QED) is 0.566. The van der Waals surface area contributed by atoms with Gasteiger partial charge < -0.3 is 20.5 Å². The number of urea groups is 1. The lowest BCUT2D eigenvalue weighted by atomic mass is 9.82. The molecule has 1 atom stereocenters. The molecule has 0 aliphatic carbocycles. The molecule has 1 aromatic carbocycles. The van der Waals surface area contributed by atoms with Crippen molar-refractivity contribution < 1.29 is 24.2 Å². The van der Waals surface area contributed by atoms with E-state index in [1.807, 2.05) is 20.8 Å². The minimum atomic E-state index is -0.789. The summed E-state index contributed by atoms with van der Waals surface area (Å²) in [6, 6.07) is 1.92. The van der Waals surface area contributed by atoms with E-state index in [4.69, 9.17) is 4.74 Å². The van der Waals surface area contributed by atoms with Crippen LogP contribution in [0.15, 0.2) is 23.4 Å². The summed E-state index contributed by atoms with van der Waals surface area (Å²) in [5.74, 6) is -0.657. The van der Waals surface area contributed by atoms with Crippen LogP contribution < -0.4 is 10.6 Å². The van der Waals surface area contributed by atoms with Crippen molar-refractivity contribution in [3.8, 4) is 5.75 Å². The van der Waals surface area contributed by atoms with Crippen LogP contribution >= 0.6 is 0 Å². The Bertz CT molecular complexity index is 790. The van der Waals surface area contributed by atoms with E-state index in [9.17, 15) is 19.5 Å². The van der Waals surface area contributed by atoms with Crippen LogP contribution in [0.1, 0.15) is 62.1 Å². The summed E-state index contributed by atoms with van der Waals surface area (Å²) in [7, 11) is 0. The molecule has 1 aliphatic heterocycles. The number of phenolic OH excluding ortho intramolecular Hbond substituents is 1. The molecule has 0 aromatic heterocycles. The van der Waals surface area contributed by atoms with E-state index in [-0.39, 0.29) is 23.5 Å². The number of ether oxygens (including phenoxy) is 1. The molecule has 0 fully saturated rings. The van der Waals surface area contributed by atoms with Crippen molar-refractivity contribution in [2.24, 2.45) is 0 Å². The Labute approximate surface area is 152 Å². The highest BCUT2D eigenvalue weighted by Gasteiger charge is 2.33. The van der Waals surface area contributed by atoms with Gasteiger partial charge >= 0.3 is 12.0 Å². The molecule has 2 amide bonds. The highest BCUT2D eigenvalue weighted by molar-refractivity contribution is 5.95. The zero-order valence-corrected chi connectivity index (χ0v) is 15.6. The summed E-state index contributed by atoms with van der Waals surface area (Å²) in [4.78, 5) is 35.8. The van der Waals surface area contributed by atoms with Gasteiger partial charge in [-0.2, -0.15) is 0 Å². The van der Waals surface area contributed by atoms with Crippen LogP contribution in [0.2, 0.25) is 0 Å². The summed E-state index contributed by atoms with van der Waals surface area (Å²) in [5, 5.41) is 15.6. The normalized spacial score (nSPS) is 17.4. The van der Waals surface area contributed by atoms with Crippen molar-refractivity contribution in [2.75, 3.05) is 6.61 Å². The maximum atomic E-state index is 12.4. The van der Waals surface area contributed by atoms with Gasteiger partial charge in [-0.05, 0) is 37.0 Å². The second kappa shape index (κ2) is 7.19. The van der Waals surface area contributed by atoms with Crippen molar-refractivity contribution in [3.05, 3.63) is 40.1 Å². The molecule has 7 nitrogen and oxygen atoms in total. The van der Waals surface area contributed by atoms with E-state index in [1.54, 1.807) is 19.9 Å². The molecule has 140 valence electrons. The fraction of sp³-hybridized carbons (Fsp3) is 0.421. The lowest BCUT2D eigenvalue weighted by molar-refractivity contribution is -0.139. The average Bonchev–Trinajstić information content (AvgIpc) is 2.53. The van der Waals surface area contributed by atoms with Crippen LogP contribution in [0.5, 0.6) is 5.75 Å². The molecule has 2 rings (SSSR count). The van der Waals surface area contributed by atoms with Crippen molar-refractivity contribution in [2.45, 2.75) is 46.1 Å². The molecule has 1 aromatic rings. The number of hydrogen-bond donors (Lipinski definition) is 3. The van der Waals surface area contributed by atoms with Gasteiger partial charge in [0.05, 0.1) is 23.8 Å². The second-order valence-electron chi connectivity index (χ2n) is 7.16. The number of esters is 1. The fourth-order valence-corrected chi connectivity index (χ4v) is 2.93. The molecule has 0 spiro atoms. The maximum absolute atomic E-state index is 12.4. The zero-order valence-electron chi connectivity index (χ0n) is 15.6. The van der Waals surface area contributed by atoms with E-state index in [0.29, 0.717) is 23.1 Å². The van der Waals surface area contributed by atoms with Crippen LogP contribution in [-0.4, -0.2) is 30.0 Å². The highest BCUT2D eigenvalue weighted by atomic mass is 16.5. The molecular formula is C19H24N2O5. The maximum Gasteiger partial charge on any atom is 0.338 e. The summed E-state index contributed by atoms with van der Waals surface area (Å²) in [6.07, 6.45) is 0.553. The Morgan fingerprint density at radius 1 is 1.35 bits per heavy atom. The van der Waals surface area contributed by atoms with Crippen molar-refractivity contribution in [3.63, 3.8) is 0 Å². The Morgan fingerprint density at radius 2 is 2.00 bits per heavy atom. The molecule has 26 heavy (non-hydrogen) atoms. The lowest BCUT2D eigenvalue weighted by Crippen LogP contribution is -2.45. The van der Waals surface area contributed by atoms with Gasteiger partial charge in [0, 0.05) is 11.3 Å². The lowest BCUT2D eigenvalue weighted by Gasteiger charge is -2.30. The number of carbonyl (C=O) groups excluding carboxylic acids is 3. The number of allylic oxidation sites excluding steroid dienone is 1. The van der Waals surface area contributed by atoms with E-state index in [1.165, 1.54) is 6.07 Å². The largest absolute Gasteiger partial charge is 0.507 e. The SMILES string of the molecule is CCOC(=O)C1=C(C)NC(=O)NC1c1cc(C=O)c(O)c(C(C)(C)C)c1. The predicted octanol–water partition coefficient (Wildman–Crippen LogP) is 2.69. The molecule has 0 radical (unpaired) electrons. The number of aldehydes is 1. The van der Waals surface area contributed by atoms with Gasteiger partial charge in [-0.15, -0.1) is 0 Å². The standard InChI is InChI=1S/C19H24N2O5/c1-6-26-17(24)14-10(2)20-18(25)21-15(14)11-7-12(9-22)16(23)13(8-11)19(3,4)5/h7-9,15,23H,6H2,1-5H3,(H2,20,21,25). The molecule has 0 saturated carbocycles. The second-order valence-corrected chi connectivity index (χ2v) is 7.16. The van der Waals surface area contributed by atoms with Crippen LogP contribution in [-0.2, 0) is 14.9 Å². The molecule has 1 aliphatic rings. The van der Waals surface area contributed by atoms with Crippen LogP contribution in [0.3, 0.4) is 0 Å². The van der Waals surface area contributed by atoms with E-state index >= 15 is 0 Å². The van der Waals surface area contributed by atoms with Gasteiger partial charge in [0.15, 0.2) is 6.29 Å². The third kappa shape index (κ3) is 3.71. The van der Waals surface area contributed by atoms with Crippen LogP contribution in [0.4, 0.5) is 4.79 Å². The number of amides is 2. The number of aromatic hydroxyl groups is 1. The van der Waals surface area contributed by atoms with E-state index in [0.717, 1.165) is 0 Å². The third-order valence-electron chi connectivity index (χ3n) is 4.19. The number of benzene rings is 1. The van der Waals surface area contributed by atoms with Crippen molar-refractivity contribution >= 4 is 18.3 Å². The fourth-order valence-electron chi connectivity index (χ4n) is 2.93. The first-order valence-corrected chi connectivity index (χ1v) is 8.38. The summed E-state index contributed by atoms with van der Waals surface area (Å²) in [6.45, 7) is 9.20. The Morgan fingerprint density at radius 3 is 2.54 bits per heavy atom. The number of nitrogens with one attached hydrogen (secondary N) is 2. The number of rotatable bonds is 4. The topological polar surface area (TPSA) is 105 Å². The Kier molecular flexibility index (Phi) is 5.39. The number of carbonyl (C=O) groups is 3. The highest BCUT2D eigenvalue weighted by Crippen LogP contribution is 2.37. The van der Waals surface area contributed by atoms with Gasteiger partial charge in [0.2, 0.25) is 0 Å². The van der Waals surface area contributed by atoms with Crippen LogP contribution in [0, 0.1) is 0 Å². The first-order valence-electron chi connectivity index (χ1n) is 8.38. The first kappa shape index (κ1) is 19.5. The van der Waals surface area contributed by atoms with Gasteiger partial charge in [0.1, 0.15) is 5.75 Å². The number of phenols is 1. The average molecular weight is 360 g/mol. The minimum Gasteiger partial charge on any atom is -0.507 e. The van der Waals surface area contributed by atoms with E-state index < -0.39 is 23.5 Å². The summed E-state index contributed by atoms with van der Waals surface area (Å²) >= 11 is 0. The van der Waals surface area contributed by atoms with Crippen molar-refractivity contribution in [1.82, 2.24) is 10.6 Å². The summed E-state index contributed by atoms with van der Waals surface area (Å²) < 4.78 is 5.11. The third-order valence-corrected chi connectivity index (χ3v) is 4.19. The molecular weight excluding hydrogens is 336 g/mol. The van der Waals surface area contributed by atoms with Gasteiger partial charge in [0.25, 0.3) is 0 Å². The van der Waals surface area contributed by atoms with Gasteiger partial charge in [-0.3, -0.25) is 4.79 Å². The molecule has 1 heterocycles. The monoisotopic (exact) mass is 360 g/mol. The number of hydrogen-bond acceptors (Lipinski definition) is 5.